The lowest BCUT2D eigenvalue weighted by Crippen LogP contribution is -2.60. The van der Waals surface area contributed by atoms with Gasteiger partial charge in [-0.1, -0.05) is 30.3 Å². The third-order valence-electron chi connectivity index (χ3n) is 4.60. The Kier molecular flexibility index (Phi) is 6.83. The van der Waals surface area contributed by atoms with Crippen LogP contribution in [0.4, 0.5) is 0 Å². The van der Waals surface area contributed by atoms with Crippen LogP contribution in [-0.2, 0) is 27.9 Å². The number of esters is 1. The van der Waals surface area contributed by atoms with E-state index < -0.39 is 43.3 Å². The van der Waals surface area contributed by atoms with Gasteiger partial charge in [0.25, 0.3) is 0 Å². The molecule has 0 radical (unpaired) electrons. The predicted molar refractivity (Wildman–Crippen MR) is 98.0 cm³/mol. The summed E-state index contributed by atoms with van der Waals surface area (Å²) < 4.78 is 22.6. The van der Waals surface area contributed by atoms with Crippen LogP contribution in [0.5, 0.6) is 5.88 Å². The largest absolute Gasteiger partial charge is 0.472 e. The number of ether oxygens (including phenoxy) is 4. The molecule has 1 aromatic heterocycles. The molecule has 0 saturated carbocycles. The smallest absolute Gasteiger partial charge is 0.357 e. The second-order valence-corrected chi connectivity index (χ2v) is 6.58. The molecule has 0 aliphatic carbocycles. The SMILES string of the molecule is CO[C@H]1O[C@H](CO)[C@@H](O)[C@H](O)[C@H]1OC(=O)c1cc(OCc2ccccc2)nn1C. The van der Waals surface area contributed by atoms with Gasteiger partial charge in [0.2, 0.25) is 5.88 Å². The highest BCUT2D eigenvalue weighted by molar-refractivity contribution is 5.88. The Hall–Kier alpha value is -2.50. The number of aromatic nitrogens is 2. The van der Waals surface area contributed by atoms with E-state index >= 15 is 0 Å². The maximum Gasteiger partial charge on any atom is 0.357 e. The fraction of sp³-hybridized carbons (Fsp3) is 0.474. The molecule has 1 aliphatic heterocycles. The van der Waals surface area contributed by atoms with Crippen LogP contribution in [-0.4, -0.2) is 75.5 Å². The molecule has 3 rings (SSSR count). The number of carbonyl (C=O) groups excluding carboxylic acids is 1. The van der Waals surface area contributed by atoms with Crippen molar-refractivity contribution in [2.45, 2.75) is 37.3 Å². The van der Waals surface area contributed by atoms with Crippen molar-refractivity contribution < 1.29 is 39.1 Å². The van der Waals surface area contributed by atoms with Crippen LogP contribution in [0.2, 0.25) is 0 Å². The van der Waals surface area contributed by atoms with Crippen molar-refractivity contribution in [2.24, 2.45) is 7.05 Å². The summed E-state index contributed by atoms with van der Waals surface area (Å²) in [6, 6.07) is 10.9. The van der Waals surface area contributed by atoms with Gasteiger partial charge in [-0.25, -0.2) is 4.79 Å². The van der Waals surface area contributed by atoms with Gasteiger partial charge >= 0.3 is 5.97 Å². The molecule has 10 heteroatoms. The maximum atomic E-state index is 12.6. The molecule has 0 spiro atoms. The Morgan fingerprint density at radius 1 is 1.24 bits per heavy atom. The van der Waals surface area contributed by atoms with Crippen molar-refractivity contribution >= 4 is 5.97 Å². The first-order valence-electron chi connectivity index (χ1n) is 9.01. The zero-order chi connectivity index (χ0) is 21.0. The molecule has 29 heavy (non-hydrogen) atoms. The van der Waals surface area contributed by atoms with Gasteiger partial charge in [-0.15, -0.1) is 5.10 Å². The molecule has 10 nitrogen and oxygen atoms in total. The molecule has 0 bridgehead atoms. The average Bonchev–Trinajstić information content (AvgIpc) is 3.11. The summed E-state index contributed by atoms with van der Waals surface area (Å²) in [5.41, 5.74) is 1.02. The number of aliphatic hydroxyl groups is 3. The molecular weight excluding hydrogens is 384 g/mol. The second kappa shape index (κ2) is 9.33. The van der Waals surface area contributed by atoms with Gasteiger partial charge in [0.15, 0.2) is 12.4 Å². The van der Waals surface area contributed by atoms with Crippen LogP contribution in [0.25, 0.3) is 0 Å². The van der Waals surface area contributed by atoms with E-state index in [4.69, 9.17) is 18.9 Å². The molecule has 5 atom stereocenters. The minimum absolute atomic E-state index is 0.0777. The topological polar surface area (TPSA) is 133 Å². The fourth-order valence-corrected chi connectivity index (χ4v) is 2.99. The number of hydrogen-bond donors (Lipinski definition) is 3. The number of carbonyl (C=O) groups is 1. The molecule has 0 amide bonds. The van der Waals surface area contributed by atoms with E-state index in [9.17, 15) is 20.1 Å². The standard InChI is InChI=1S/C19H24N2O8/c1-21-12(8-14(20-21)27-10-11-6-4-3-5-7-11)18(25)29-17-16(24)15(23)13(9-22)28-19(17)26-2/h3-8,13,15-17,19,22-24H,9-10H2,1-2H3/t13-,15-,16+,17-,19+/m1/s1. The summed E-state index contributed by atoms with van der Waals surface area (Å²) in [6.07, 6.45) is -6.46. The molecule has 1 fully saturated rings. The molecule has 0 unspecified atom stereocenters. The number of nitrogens with zero attached hydrogens (tertiary/aromatic N) is 2. The summed E-state index contributed by atoms with van der Waals surface area (Å²) in [6.45, 7) is -0.245. The van der Waals surface area contributed by atoms with Crippen molar-refractivity contribution in [3.63, 3.8) is 0 Å². The number of hydrogen-bond acceptors (Lipinski definition) is 9. The van der Waals surface area contributed by atoms with E-state index in [1.54, 1.807) is 7.05 Å². The van der Waals surface area contributed by atoms with E-state index in [0.717, 1.165) is 5.56 Å². The maximum absolute atomic E-state index is 12.6. The number of aliphatic hydroxyl groups excluding tert-OH is 3. The van der Waals surface area contributed by atoms with Crippen molar-refractivity contribution in [2.75, 3.05) is 13.7 Å². The summed E-state index contributed by atoms with van der Waals surface area (Å²) >= 11 is 0. The third-order valence-corrected chi connectivity index (χ3v) is 4.60. The van der Waals surface area contributed by atoms with Crippen molar-refractivity contribution in [1.29, 1.82) is 0 Å². The van der Waals surface area contributed by atoms with E-state index in [1.807, 2.05) is 30.3 Å². The summed E-state index contributed by atoms with van der Waals surface area (Å²) in [7, 11) is 2.84. The monoisotopic (exact) mass is 408 g/mol. The molecule has 158 valence electrons. The van der Waals surface area contributed by atoms with Crippen LogP contribution in [0.15, 0.2) is 36.4 Å². The van der Waals surface area contributed by atoms with Gasteiger partial charge in [-0.2, -0.15) is 0 Å². The first-order valence-corrected chi connectivity index (χ1v) is 9.01. The van der Waals surface area contributed by atoms with E-state index in [-0.39, 0.29) is 18.2 Å². The lowest BCUT2D eigenvalue weighted by atomic mass is 9.99. The molecular formula is C19H24N2O8. The summed E-state index contributed by atoms with van der Waals surface area (Å²) in [4.78, 5) is 12.6. The van der Waals surface area contributed by atoms with Crippen molar-refractivity contribution in [1.82, 2.24) is 9.78 Å². The van der Waals surface area contributed by atoms with Crippen molar-refractivity contribution in [3.8, 4) is 5.88 Å². The third kappa shape index (κ3) is 4.74. The number of rotatable bonds is 7. The number of aryl methyl sites for hydroxylation is 1. The highest BCUT2D eigenvalue weighted by Gasteiger charge is 2.47. The van der Waals surface area contributed by atoms with Crippen LogP contribution in [0, 0.1) is 0 Å². The van der Waals surface area contributed by atoms with Crippen LogP contribution in [0.3, 0.4) is 0 Å². The molecule has 1 aliphatic rings. The van der Waals surface area contributed by atoms with Gasteiger partial charge < -0.3 is 34.3 Å². The Balaban J connectivity index is 1.67. The number of methoxy groups -OCH3 is 1. The van der Waals surface area contributed by atoms with Gasteiger partial charge in [-0.3, -0.25) is 4.68 Å². The minimum atomic E-state index is -1.50. The average molecular weight is 408 g/mol. The molecule has 2 aromatic rings. The van der Waals surface area contributed by atoms with E-state index in [2.05, 4.69) is 5.10 Å². The van der Waals surface area contributed by atoms with Crippen LogP contribution >= 0.6 is 0 Å². The zero-order valence-electron chi connectivity index (χ0n) is 16.0. The number of benzene rings is 1. The predicted octanol–water partition coefficient (Wildman–Crippen LogP) is -0.390. The Morgan fingerprint density at radius 2 is 1.97 bits per heavy atom. The molecule has 1 saturated heterocycles. The Bertz CT molecular complexity index is 810. The first kappa shape index (κ1) is 21.2. The Labute approximate surface area is 167 Å². The molecule has 3 N–H and O–H groups in total. The van der Waals surface area contributed by atoms with Crippen LogP contribution < -0.4 is 4.74 Å². The highest BCUT2D eigenvalue weighted by atomic mass is 16.7. The summed E-state index contributed by atoms with van der Waals surface area (Å²) in [5.74, 6) is -0.577. The van der Waals surface area contributed by atoms with E-state index in [1.165, 1.54) is 17.9 Å². The second-order valence-electron chi connectivity index (χ2n) is 6.58. The molecule has 2 heterocycles. The van der Waals surface area contributed by atoms with Gasteiger partial charge in [0.05, 0.1) is 6.61 Å². The van der Waals surface area contributed by atoms with Gasteiger partial charge in [0.1, 0.15) is 30.6 Å². The molecule has 1 aromatic carbocycles. The van der Waals surface area contributed by atoms with Gasteiger partial charge in [0, 0.05) is 20.2 Å². The quantitative estimate of drug-likeness (QED) is 0.524. The zero-order valence-corrected chi connectivity index (χ0v) is 16.0. The highest BCUT2D eigenvalue weighted by Crippen LogP contribution is 2.25. The lowest BCUT2D eigenvalue weighted by molar-refractivity contribution is -0.293. The lowest BCUT2D eigenvalue weighted by Gasteiger charge is -2.40. The minimum Gasteiger partial charge on any atom is -0.472 e. The first-order chi connectivity index (χ1) is 13.9. The summed E-state index contributed by atoms with van der Waals surface area (Å²) in [5, 5.41) is 33.6. The fourth-order valence-electron chi connectivity index (χ4n) is 2.99. The van der Waals surface area contributed by atoms with Gasteiger partial charge in [-0.05, 0) is 5.56 Å². The van der Waals surface area contributed by atoms with Crippen LogP contribution in [0.1, 0.15) is 16.1 Å². The van der Waals surface area contributed by atoms with E-state index in [0.29, 0.717) is 0 Å². The Morgan fingerprint density at radius 3 is 2.62 bits per heavy atom. The normalized spacial score (nSPS) is 26.9. The van der Waals surface area contributed by atoms with Crippen molar-refractivity contribution in [3.05, 3.63) is 47.7 Å².